The van der Waals surface area contributed by atoms with E-state index in [2.05, 4.69) is 59.1 Å². The minimum Gasteiger partial charge on any atom is -0.348 e. The molecular weight excluding hydrogens is 392 g/mol. The van der Waals surface area contributed by atoms with E-state index in [1.807, 2.05) is 0 Å². The molecule has 0 aliphatic heterocycles. The van der Waals surface area contributed by atoms with Crippen molar-refractivity contribution in [3.05, 3.63) is 35.2 Å². The summed E-state index contributed by atoms with van der Waals surface area (Å²) < 4.78 is 2.14. The number of rotatable bonds is 6. The molecule has 5 nitrogen and oxygen atoms in total. The standard InChI is InChI=1S/C24H32N4OS/c1-4-30-23-27-26-21(28(23)20-7-5-6-15(2)16(20)3)14-25-22(29)24-11-17-8-18(12-24)10-19(9-17)13-24/h5-7,17-19H,4,8-14H2,1-3H3,(H,25,29). The zero-order chi connectivity index (χ0) is 20.9. The highest BCUT2D eigenvalue weighted by Gasteiger charge is 2.54. The summed E-state index contributed by atoms with van der Waals surface area (Å²) in [5, 5.41) is 13.1. The van der Waals surface area contributed by atoms with Crippen LogP contribution in [0.3, 0.4) is 0 Å². The van der Waals surface area contributed by atoms with Gasteiger partial charge in [0.15, 0.2) is 11.0 Å². The van der Waals surface area contributed by atoms with E-state index in [0.29, 0.717) is 6.54 Å². The van der Waals surface area contributed by atoms with Crippen LogP contribution in [0.5, 0.6) is 0 Å². The van der Waals surface area contributed by atoms with Crippen molar-refractivity contribution >= 4 is 17.7 Å². The van der Waals surface area contributed by atoms with Crippen LogP contribution in [0.25, 0.3) is 5.69 Å². The number of carbonyl (C=O) groups excluding carboxylic acids is 1. The Morgan fingerprint density at radius 2 is 1.80 bits per heavy atom. The lowest BCUT2D eigenvalue weighted by Crippen LogP contribution is -2.53. The summed E-state index contributed by atoms with van der Waals surface area (Å²) in [4.78, 5) is 13.4. The molecule has 0 saturated heterocycles. The summed E-state index contributed by atoms with van der Waals surface area (Å²) in [7, 11) is 0. The molecule has 1 aromatic heterocycles. The quantitative estimate of drug-likeness (QED) is 0.675. The molecule has 0 unspecified atom stereocenters. The molecule has 0 spiro atoms. The molecule has 4 fully saturated rings. The Morgan fingerprint density at radius 3 is 2.43 bits per heavy atom. The van der Waals surface area contributed by atoms with Crippen molar-refractivity contribution in [3.63, 3.8) is 0 Å². The van der Waals surface area contributed by atoms with Gasteiger partial charge in [-0.15, -0.1) is 10.2 Å². The molecule has 0 atom stereocenters. The van der Waals surface area contributed by atoms with E-state index < -0.39 is 0 Å². The fraction of sp³-hybridized carbons (Fsp3) is 0.625. The lowest BCUT2D eigenvalue weighted by atomic mass is 9.49. The highest BCUT2D eigenvalue weighted by Crippen LogP contribution is 2.60. The van der Waals surface area contributed by atoms with Crippen LogP contribution in [0.1, 0.15) is 62.4 Å². The smallest absolute Gasteiger partial charge is 0.226 e. The molecule has 1 heterocycles. The molecule has 4 aliphatic carbocycles. The number of nitrogens with one attached hydrogen (secondary N) is 1. The average molecular weight is 425 g/mol. The lowest BCUT2D eigenvalue weighted by Gasteiger charge is -2.55. The summed E-state index contributed by atoms with van der Waals surface area (Å²) in [6, 6.07) is 6.33. The first-order chi connectivity index (χ1) is 14.5. The zero-order valence-electron chi connectivity index (χ0n) is 18.3. The van der Waals surface area contributed by atoms with Crippen LogP contribution in [0.4, 0.5) is 0 Å². The highest BCUT2D eigenvalue weighted by atomic mass is 32.2. The van der Waals surface area contributed by atoms with E-state index in [9.17, 15) is 4.79 Å². The summed E-state index contributed by atoms with van der Waals surface area (Å²) >= 11 is 1.69. The number of benzene rings is 1. The monoisotopic (exact) mass is 424 g/mol. The van der Waals surface area contributed by atoms with E-state index in [4.69, 9.17) is 0 Å². The average Bonchev–Trinajstić information content (AvgIpc) is 3.10. The molecule has 6 heteroatoms. The van der Waals surface area contributed by atoms with Crippen LogP contribution in [0, 0.1) is 37.0 Å². The molecular formula is C24H32N4OS. The molecule has 1 aromatic carbocycles. The maximum atomic E-state index is 13.4. The second-order valence-electron chi connectivity index (χ2n) is 9.77. The minimum absolute atomic E-state index is 0.125. The number of aryl methyl sites for hydroxylation is 1. The van der Waals surface area contributed by atoms with Gasteiger partial charge >= 0.3 is 0 Å². The van der Waals surface area contributed by atoms with Crippen molar-refractivity contribution in [2.75, 3.05) is 5.75 Å². The number of hydrogen-bond acceptors (Lipinski definition) is 4. The van der Waals surface area contributed by atoms with Crippen LogP contribution in [0.2, 0.25) is 0 Å². The van der Waals surface area contributed by atoms with Crippen LogP contribution in [-0.2, 0) is 11.3 Å². The predicted octanol–water partition coefficient (Wildman–Crippen LogP) is 4.83. The normalized spacial score (nSPS) is 29.4. The van der Waals surface area contributed by atoms with Gasteiger partial charge < -0.3 is 5.32 Å². The van der Waals surface area contributed by atoms with Gasteiger partial charge in [0.25, 0.3) is 0 Å². The zero-order valence-corrected chi connectivity index (χ0v) is 19.1. The number of nitrogens with zero attached hydrogens (tertiary/aromatic N) is 3. The molecule has 1 N–H and O–H groups in total. The third-order valence-corrected chi connectivity index (χ3v) is 8.53. The molecule has 30 heavy (non-hydrogen) atoms. The van der Waals surface area contributed by atoms with Crippen molar-refractivity contribution in [2.24, 2.45) is 23.2 Å². The van der Waals surface area contributed by atoms with Gasteiger partial charge in [0.2, 0.25) is 5.91 Å². The van der Waals surface area contributed by atoms with E-state index in [1.54, 1.807) is 11.8 Å². The van der Waals surface area contributed by atoms with Crippen LogP contribution >= 0.6 is 11.8 Å². The van der Waals surface area contributed by atoms with Gasteiger partial charge in [0.1, 0.15) is 0 Å². The third-order valence-electron chi connectivity index (χ3n) is 7.72. The summed E-state index contributed by atoms with van der Waals surface area (Å²) in [6.07, 6.45) is 7.32. The second-order valence-corrected chi connectivity index (χ2v) is 11.0. The van der Waals surface area contributed by atoms with Crippen LogP contribution in [-0.4, -0.2) is 26.4 Å². The highest BCUT2D eigenvalue weighted by molar-refractivity contribution is 7.99. The van der Waals surface area contributed by atoms with E-state index in [-0.39, 0.29) is 11.3 Å². The fourth-order valence-electron chi connectivity index (χ4n) is 6.59. The van der Waals surface area contributed by atoms with Gasteiger partial charge in [-0.05, 0) is 93.1 Å². The summed E-state index contributed by atoms with van der Waals surface area (Å²) in [5.41, 5.74) is 3.45. The molecule has 4 saturated carbocycles. The Balaban J connectivity index is 1.39. The molecule has 4 bridgehead atoms. The van der Waals surface area contributed by atoms with E-state index in [0.717, 1.165) is 59.4 Å². The number of aromatic nitrogens is 3. The Hall–Kier alpha value is -1.82. The number of carbonyl (C=O) groups is 1. The summed E-state index contributed by atoms with van der Waals surface area (Å²) in [5.74, 6) is 4.32. The fourth-order valence-corrected chi connectivity index (χ4v) is 7.28. The number of hydrogen-bond donors (Lipinski definition) is 1. The molecule has 2 aromatic rings. The van der Waals surface area contributed by atoms with Crippen molar-refractivity contribution < 1.29 is 4.79 Å². The van der Waals surface area contributed by atoms with Crippen molar-refractivity contribution in [1.82, 2.24) is 20.1 Å². The number of amides is 1. The first-order valence-electron chi connectivity index (χ1n) is 11.4. The molecule has 1 amide bonds. The van der Waals surface area contributed by atoms with Gasteiger partial charge in [-0.2, -0.15) is 0 Å². The lowest BCUT2D eigenvalue weighted by molar-refractivity contribution is -0.146. The third kappa shape index (κ3) is 3.37. The molecule has 160 valence electrons. The van der Waals surface area contributed by atoms with Crippen molar-refractivity contribution in [1.29, 1.82) is 0 Å². The van der Waals surface area contributed by atoms with Gasteiger partial charge in [-0.3, -0.25) is 9.36 Å². The maximum absolute atomic E-state index is 13.4. The van der Waals surface area contributed by atoms with Crippen LogP contribution < -0.4 is 5.32 Å². The van der Waals surface area contributed by atoms with Gasteiger partial charge in [0.05, 0.1) is 12.2 Å². The maximum Gasteiger partial charge on any atom is 0.226 e. The van der Waals surface area contributed by atoms with Crippen molar-refractivity contribution in [3.8, 4) is 5.69 Å². The minimum atomic E-state index is -0.125. The Bertz CT molecular complexity index is 931. The van der Waals surface area contributed by atoms with Crippen molar-refractivity contribution in [2.45, 2.75) is 71.0 Å². The van der Waals surface area contributed by atoms with Gasteiger partial charge in [-0.1, -0.05) is 30.8 Å². The SMILES string of the molecule is CCSc1nnc(CNC(=O)C23CC4CC(CC(C4)C2)C3)n1-c1cccc(C)c1C. The predicted molar refractivity (Wildman–Crippen MR) is 120 cm³/mol. The largest absolute Gasteiger partial charge is 0.348 e. The Labute approximate surface area is 183 Å². The number of thioether (sulfide) groups is 1. The first-order valence-corrected chi connectivity index (χ1v) is 12.4. The van der Waals surface area contributed by atoms with Gasteiger partial charge in [-0.25, -0.2) is 0 Å². The Kier molecular flexibility index (Phi) is 5.16. The Morgan fingerprint density at radius 1 is 1.13 bits per heavy atom. The molecule has 0 radical (unpaired) electrons. The van der Waals surface area contributed by atoms with E-state index >= 15 is 0 Å². The summed E-state index contributed by atoms with van der Waals surface area (Å²) in [6.45, 7) is 6.83. The van der Waals surface area contributed by atoms with E-state index in [1.165, 1.54) is 30.4 Å². The topological polar surface area (TPSA) is 59.8 Å². The van der Waals surface area contributed by atoms with Gasteiger partial charge in [0, 0.05) is 5.41 Å². The molecule has 6 rings (SSSR count). The molecule has 4 aliphatic rings. The van der Waals surface area contributed by atoms with Crippen LogP contribution in [0.15, 0.2) is 23.4 Å². The second kappa shape index (κ2) is 7.70. The first kappa shape index (κ1) is 20.1.